The highest BCUT2D eigenvalue weighted by Crippen LogP contribution is 2.10. The Morgan fingerprint density at radius 3 is 2.65 bits per heavy atom. The zero-order valence-corrected chi connectivity index (χ0v) is 11.2. The standard InChI is InChI=1S/C14H25NO2/c1-4-6-13(16)10-15(9-12(2)3)11-14-7-5-8-17-14/h5,7-8,12-13,16H,4,6,9-11H2,1-3H3. The van der Waals surface area contributed by atoms with E-state index in [9.17, 15) is 5.11 Å². The van der Waals surface area contributed by atoms with Gasteiger partial charge in [-0.3, -0.25) is 4.90 Å². The van der Waals surface area contributed by atoms with Gasteiger partial charge in [0.1, 0.15) is 5.76 Å². The van der Waals surface area contributed by atoms with Crippen LogP contribution >= 0.6 is 0 Å². The summed E-state index contributed by atoms with van der Waals surface area (Å²) in [4.78, 5) is 2.27. The first-order valence-corrected chi connectivity index (χ1v) is 6.54. The second-order valence-corrected chi connectivity index (χ2v) is 5.11. The highest BCUT2D eigenvalue weighted by atomic mass is 16.3. The van der Waals surface area contributed by atoms with Crippen LogP contribution in [0.25, 0.3) is 0 Å². The summed E-state index contributed by atoms with van der Waals surface area (Å²) in [6.07, 6.45) is 3.36. The average molecular weight is 239 g/mol. The van der Waals surface area contributed by atoms with Gasteiger partial charge in [-0.2, -0.15) is 0 Å². The number of nitrogens with zero attached hydrogens (tertiary/aromatic N) is 1. The third-order valence-electron chi connectivity index (χ3n) is 2.67. The van der Waals surface area contributed by atoms with Gasteiger partial charge in [0.05, 0.1) is 18.9 Å². The molecule has 1 aromatic heterocycles. The van der Waals surface area contributed by atoms with E-state index in [0.717, 1.165) is 38.2 Å². The summed E-state index contributed by atoms with van der Waals surface area (Å²) >= 11 is 0. The molecule has 17 heavy (non-hydrogen) atoms. The Kier molecular flexibility index (Phi) is 6.30. The van der Waals surface area contributed by atoms with E-state index in [1.807, 2.05) is 12.1 Å². The van der Waals surface area contributed by atoms with Crippen LogP contribution in [-0.4, -0.2) is 29.2 Å². The van der Waals surface area contributed by atoms with Crippen LogP contribution in [-0.2, 0) is 6.54 Å². The zero-order valence-electron chi connectivity index (χ0n) is 11.2. The maximum Gasteiger partial charge on any atom is 0.117 e. The topological polar surface area (TPSA) is 36.6 Å². The molecule has 0 aliphatic heterocycles. The van der Waals surface area contributed by atoms with Gasteiger partial charge < -0.3 is 9.52 Å². The van der Waals surface area contributed by atoms with Crippen LogP contribution in [0.3, 0.4) is 0 Å². The van der Waals surface area contributed by atoms with E-state index < -0.39 is 0 Å². The molecular weight excluding hydrogens is 214 g/mol. The molecule has 0 radical (unpaired) electrons. The van der Waals surface area contributed by atoms with Gasteiger partial charge in [0.25, 0.3) is 0 Å². The molecule has 1 unspecified atom stereocenters. The van der Waals surface area contributed by atoms with Crippen molar-refractivity contribution in [1.82, 2.24) is 4.90 Å². The van der Waals surface area contributed by atoms with Crippen molar-refractivity contribution in [2.75, 3.05) is 13.1 Å². The van der Waals surface area contributed by atoms with Crippen LogP contribution in [0.5, 0.6) is 0 Å². The molecule has 0 bridgehead atoms. The summed E-state index contributed by atoms with van der Waals surface area (Å²) in [5.74, 6) is 1.56. The first kappa shape index (κ1) is 14.3. The van der Waals surface area contributed by atoms with Crippen molar-refractivity contribution in [2.45, 2.75) is 46.3 Å². The Balaban J connectivity index is 2.48. The lowest BCUT2D eigenvalue weighted by molar-refractivity contribution is 0.0906. The summed E-state index contributed by atoms with van der Waals surface area (Å²) in [6, 6.07) is 3.89. The predicted molar refractivity (Wildman–Crippen MR) is 69.7 cm³/mol. The minimum Gasteiger partial charge on any atom is -0.468 e. The summed E-state index contributed by atoms with van der Waals surface area (Å²) in [5.41, 5.74) is 0. The third-order valence-corrected chi connectivity index (χ3v) is 2.67. The molecule has 0 aliphatic rings. The monoisotopic (exact) mass is 239 g/mol. The second-order valence-electron chi connectivity index (χ2n) is 5.11. The SMILES string of the molecule is CCCC(O)CN(Cc1ccco1)CC(C)C. The van der Waals surface area contributed by atoms with Gasteiger partial charge >= 0.3 is 0 Å². The van der Waals surface area contributed by atoms with Gasteiger partial charge in [-0.25, -0.2) is 0 Å². The van der Waals surface area contributed by atoms with Crippen LogP contribution in [0.4, 0.5) is 0 Å². The van der Waals surface area contributed by atoms with Gasteiger partial charge in [-0.05, 0) is 24.5 Å². The number of hydrogen-bond donors (Lipinski definition) is 1. The van der Waals surface area contributed by atoms with Crippen LogP contribution in [0.1, 0.15) is 39.4 Å². The molecule has 0 aliphatic carbocycles. The lowest BCUT2D eigenvalue weighted by Crippen LogP contribution is -2.34. The van der Waals surface area contributed by atoms with Gasteiger partial charge in [0.2, 0.25) is 0 Å². The van der Waals surface area contributed by atoms with Gasteiger partial charge in [-0.15, -0.1) is 0 Å². The second kappa shape index (κ2) is 7.51. The maximum absolute atomic E-state index is 9.89. The molecule has 1 atom stereocenters. The van der Waals surface area contributed by atoms with E-state index in [0.29, 0.717) is 5.92 Å². The van der Waals surface area contributed by atoms with Crippen molar-refractivity contribution in [3.05, 3.63) is 24.2 Å². The zero-order chi connectivity index (χ0) is 12.7. The van der Waals surface area contributed by atoms with Crippen LogP contribution < -0.4 is 0 Å². The Labute approximate surface area is 104 Å². The molecule has 1 heterocycles. The molecule has 1 aromatic rings. The van der Waals surface area contributed by atoms with Crippen LogP contribution in [0.2, 0.25) is 0 Å². The van der Waals surface area contributed by atoms with Crippen LogP contribution in [0.15, 0.2) is 22.8 Å². The number of aliphatic hydroxyl groups is 1. The molecular formula is C14H25NO2. The molecule has 0 saturated carbocycles. The summed E-state index contributed by atoms with van der Waals surface area (Å²) in [6.45, 7) is 8.99. The minimum absolute atomic E-state index is 0.228. The number of aliphatic hydroxyl groups excluding tert-OH is 1. The summed E-state index contributed by atoms with van der Waals surface area (Å²) < 4.78 is 5.36. The molecule has 1 N–H and O–H groups in total. The fourth-order valence-corrected chi connectivity index (χ4v) is 2.07. The third kappa shape index (κ3) is 5.89. The highest BCUT2D eigenvalue weighted by Gasteiger charge is 2.14. The van der Waals surface area contributed by atoms with Crippen LogP contribution in [0, 0.1) is 5.92 Å². The number of hydrogen-bond acceptors (Lipinski definition) is 3. The molecule has 3 nitrogen and oxygen atoms in total. The van der Waals surface area contributed by atoms with E-state index in [-0.39, 0.29) is 6.10 Å². The molecule has 98 valence electrons. The van der Waals surface area contributed by atoms with E-state index >= 15 is 0 Å². The van der Waals surface area contributed by atoms with Gasteiger partial charge in [0, 0.05) is 13.1 Å². The fraction of sp³-hybridized carbons (Fsp3) is 0.714. The van der Waals surface area contributed by atoms with Crippen molar-refractivity contribution < 1.29 is 9.52 Å². The largest absolute Gasteiger partial charge is 0.468 e. The van der Waals surface area contributed by atoms with E-state index in [2.05, 4.69) is 25.7 Å². The smallest absolute Gasteiger partial charge is 0.117 e. The highest BCUT2D eigenvalue weighted by molar-refractivity contribution is 4.98. The van der Waals surface area contributed by atoms with Crippen molar-refractivity contribution >= 4 is 0 Å². The first-order valence-electron chi connectivity index (χ1n) is 6.54. The molecule has 3 heteroatoms. The first-order chi connectivity index (χ1) is 8.11. The molecule has 0 saturated heterocycles. The summed E-state index contributed by atoms with van der Waals surface area (Å²) in [5, 5.41) is 9.89. The van der Waals surface area contributed by atoms with Crippen molar-refractivity contribution in [2.24, 2.45) is 5.92 Å². The quantitative estimate of drug-likeness (QED) is 0.758. The fourth-order valence-electron chi connectivity index (χ4n) is 2.07. The number of furan rings is 1. The molecule has 0 spiro atoms. The maximum atomic E-state index is 9.89. The Hall–Kier alpha value is -0.800. The van der Waals surface area contributed by atoms with Gasteiger partial charge in [0.15, 0.2) is 0 Å². The molecule has 1 rings (SSSR count). The van der Waals surface area contributed by atoms with E-state index in [4.69, 9.17) is 4.42 Å². The van der Waals surface area contributed by atoms with Crippen molar-refractivity contribution in [3.8, 4) is 0 Å². The van der Waals surface area contributed by atoms with Gasteiger partial charge in [-0.1, -0.05) is 27.2 Å². The molecule has 0 fully saturated rings. The normalized spacial score (nSPS) is 13.5. The minimum atomic E-state index is -0.228. The summed E-state index contributed by atoms with van der Waals surface area (Å²) in [7, 11) is 0. The predicted octanol–water partition coefficient (Wildman–Crippen LogP) is 2.90. The lowest BCUT2D eigenvalue weighted by atomic mass is 10.1. The van der Waals surface area contributed by atoms with E-state index in [1.165, 1.54) is 0 Å². The Bertz CT molecular complexity index is 282. The van der Waals surface area contributed by atoms with E-state index in [1.54, 1.807) is 6.26 Å². The van der Waals surface area contributed by atoms with Crippen molar-refractivity contribution in [1.29, 1.82) is 0 Å². The molecule has 0 amide bonds. The average Bonchev–Trinajstić information content (AvgIpc) is 2.69. The Morgan fingerprint density at radius 2 is 2.12 bits per heavy atom. The Morgan fingerprint density at radius 1 is 1.35 bits per heavy atom. The number of rotatable bonds is 8. The van der Waals surface area contributed by atoms with Crippen molar-refractivity contribution in [3.63, 3.8) is 0 Å². The molecule has 0 aromatic carbocycles. The lowest BCUT2D eigenvalue weighted by Gasteiger charge is -2.25.